The second kappa shape index (κ2) is 14.0. The van der Waals surface area contributed by atoms with Crippen molar-refractivity contribution in [3.05, 3.63) is 68.3 Å². The fourth-order valence-electron chi connectivity index (χ4n) is 8.83. The summed E-state index contributed by atoms with van der Waals surface area (Å²) in [5.41, 5.74) is 2.36. The first-order chi connectivity index (χ1) is 25.4. The van der Waals surface area contributed by atoms with Gasteiger partial charge in [0.05, 0.1) is 42.0 Å². The second-order valence-electron chi connectivity index (χ2n) is 15.1. The Kier molecular flexibility index (Phi) is 9.48. The minimum absolute atomic E-state index is 0.0820. The number of methoxy groups -OCH3 is 1. The third-order valence-electron chi connectivity index (χ3n) is 12.0. The van der Waals surface area contributed by atoms with E-state index >= 15 is 4.39 Å². The number of halogens is 1. The summed E-state index contributed by atoms with van der Waals surface area (Å²) < 4.78 is 63.7. The van der Waals surface area contributed by atoms with Crippen LogP contribution in [0.15, 0.2) is 33.5 Å². The summed E-state index contributed by atoms with van der Waals surface area (Å²) in [6.07, 6.45) is 5.13. The number of fused-ring (bicyclic) bond motifs is 5. The van der Waals surface area contributed by atoms with Gasteiger partial charge in [0, 0.05) is 62.0 Å². The highest BCUT2D eigenvalue weighted by atomic mass is 32.2. The number of carbonyl (C=O) groups is 2. The Hall–Kier alpha value is -4.05. The van der Waals surface area contributed by atoms with Crippen LogP contribution in [0.4, 0.5) is 10.1 Å². The van der Waals surface area contributed by atoms with E-state index in [0.29, 0.717) is 37.0 Å². The number of likely N-dealkylation sites (N-methyl/N-ethyl adjacent to an activating group) is 1. The van der Waals surface area contributed by atoms with Gasteiger partial charge < -0.3 is 23.7 Å². The van der Waals surface area contributed by atoms with E-state index in [9.17, 15) is 22.8 Å². The standard InChI is InChI=1S/C38H46FN5O8S/c1-22-32(42-18-17-41(2)25(19-42)21-50-3)14-13-28-27-15-16-43(20-31(27)38(47)52-34(22)28)37(46)29-11-12-30(35(33(29)39)51-26-5-4-6-26)36(45)40-53(48,49)44-23-7-8-24(44)10-9-23/h11-14,23-26H,4-10,15-21H2,1-3H3,(H,40,45). The Balaban J connectivity index is 1.05. The molecule has 284 valence electrons. The number of hydrogen-bond acceptors (Lipinski definition) is 10. The molecule has 1 atom stereocenters. The van der Waals surface area contributed by atoms with E-state index in [4.69, 9.17) is 13.9 Å². The molecule has 2 amide bonds. The molecule has 1 aromatic heterocycles. The minimum atomic E-state index is -4.17. The van der Waals surface area contributed by atoms with Gasteiger partial charge in [-0.05, 0) is 95.2 Å². The van der Waals surface area contributed by atoms with Crippen molar-refractivity contribution in [2.24, 2.45) is 0 Å². The third kappa shape index (κ3) is 6.38. The second-order valence-corrected chi connectivity index (χ2v) is 16.7. The Morgan fingerprint density at radius 2 is 1.70 bits per heavy atom. The van der Waals surface area contributed by atoms with Gasteiger partial charge in [0.25, 0.3) is 11.8 Å². The van der Waals surface area contributed by atoms with Gasteiger partial charge >= 0.3 is 15.8 Å². The third-order valence-corrected chi connectivity index (χ3v) is 13.6. The fourth-order valence-corrected chi connectivity index (χ4v) is 10.5. The van der Waals surface area contributed by atoms with Gasteiger partial charge in [-0.3, -0.25) is 14.5 Å². The number of rotatable bonds is 9. The van der Waals surface area contributed by atoms with E-state index in [1.807, 2.05) is 13.0 Å². The molecule has 13 nitrogen and oxygen atoms in total. The largest absolute Gasteiger partial charge is 0.486 e. The number of carbonyl (C=O) groups excluding carboxylic acids is 2. The molecule has 1 saturated carbocycles. The first kappa shape index (κ1) is 36.0. The highest BCUT2D eigenvalue weighted by Gasteiger charge is 2.47. The molecule has 4 fully saturated rings. The van der Waals surface area contributed by atoms with Gasteiger partial charge in [0.1, 0.15) is 5.58 Å². The van der Waals surface area contributed by atoms with E-state index in [1.54, 1.807) is 7.11 Å². The number of benzene rings is 2. The van der Waals surface area contributed by atoms with Crippen LogP contribution in [0.3, 0.4) is 0 Å². The maximum atomic E-state index is 16.4. The molecule has 1 aliphatic carbocycles. The SMILES string of the molecule is COCC1CN(c2ccc3c4c(c(=O)oc3c2C)CN(C(=O)c2ccc(C(=O)NS(=O)(=O)N3C5CCC3CC5)c(OC3CCC3)c2F)CC4)CCN1C. The van der Waals surface area contributed by atoms with Crippen molar-refractivity contribution in [1.82, 2.24) is 18.8 Å². The average molecular weight is 752 g/mol. The van der Waals surface area contributed by atoms with Crippen LogP contribution >= 0.6 is 0 Å². The van der Waals surface area contributed by atoms with E-state index in [1.165, 1.54) is 21.3 Å². The van der Waals surface area contributed by atoms with Gasteiger partial charge in [0.2, 0.25) is 0 Å². The predicted octanol–water partition coefficient (Wildman–Crippen LogP) is 3.74. The predicted molar refractivity (Wildman–Crippen MR) is 195 cm³/mol. The van der Waals surface area contributed by atoms with Gasteiger partial charge in [-0.1, -0.05) is 0 Å². The molecule has 8 rings (SSSR count). The van der Waals surface area contributed by atoms with Crippen molar-refractivity contribution >= 4 is 38.7 Å². The molecular formula is C38H46FN5O8S. The number of nitrogens with one attached hydrogen (secondary N) is 1. The first-order valence-electron chi connectivity index (χ1n) is 18.6. The zero-order valence-corrected chi connectivity index (χ0v) is 31.2. The smallest absolute Gasteiger partial charge is 0.341 e. The van der Waals surface area contributed by atoms with Crippen molar-refractivity contribution in [2.75, 3.05) is 51.8 Å². The van der Waals surface area contributed by atoms with Crippen LogP contribution in [-0.2, 0) is 27.9 Å². The van der Waals surface area contributed by atoms with Gasteiger partial charge in [-0.25, -0.2) is 13.9 Å². The average Bonchev–Trinajstić information content (AvgIpc) is 3.74. The van der Waals surface area contributed by atoms with Crippen LogP contribution in [0.5, 0.6) is 5.75 Å². The number of anilines is 1. The molecule has 15 heteroatoms. The maximum absolute atomic E-state index is 16.4. The highest BCUT2D eigenvalue weighted by Crippen LogP contribution is 2.40. The summed E-state index contributed by atoms with van der Waals surface area (Å²) in [6, 6.07) is 6.39. The van der Waals surface area contributed by atoms with Crippen LogP contribution in [-0.4, -0.2) is 106 Å². The quantitative estimate of drug-likeness (QED) is 0.322. The lowest BCUT2D eigenvalue weighted by Gasteiger charge is -2.41. The monoisotopic (exact) mass is 751 g/mol. The molecule has 53 heavy (non-hydrogen) atoms. The number of piperazine rings is 1. The normalized spacial score (nSPS) is 23.7. The molecule has 1 N–H and O–H groups in total. The minimum Gasteiger partial charge on any atom is -0.486 e. The van der Waals surface area contributed by atoms with E-state index in [2.05, 4.69) is 27.6 Å². The molecule has 1 unspecified atom stereocenters. The zero-order chi connectivity index (χ0) is 37.2. The summed E-state index contributed by atoms with van der Waals surface area (Å²) in [5.74, 6) is -3.17. The topological polar surface area (TPSA) is 142 Å². The Labute approximate surface area is 308 Å². The van der Waals surface area contributed by atoms with Crippen LogP contribution in [0, 0.1) is 12.7 Å². The van der Waals surface area contributed by atoms with E-state index in [0.717, 1.165) is 73.9 Å². The Morgan fingerprint density at radius 3 is 2.38 bits per heavy atom. The van der Waals surface area contributed by atoms with E-state index < -0.39 is 39.2 Å². The van der Waals surface area contributed by atoms with Crippen LogP contribution < -0.4 is 20.0 Å². The lowest BCUT2D eigenvalue weighted by Crippen LogP contribution is -2.53. The van der Waals surface area contributed by atoms with Gasteiger partial charge in [-0.2, -0.15) is 12.7 Å². The van der Waals surface area contributed by atoms with Crippen LogP contribution in [0.1, 0.15) is 82.4 Å². The zero-order valence-electron chi connectivity index (χ0n) is 30.4. The molecule has 2 bridgehead atoms. The molecule has 4 aliphatic heterocycles. The van der Waals surface area contributed by atoms with Crippen LogP contribution in [0.2, 0.25) is 0 Å². The first-order valence-corrected chi connectivity index (χ1v) is 20.1. The number of aryl methyl sites for hydroxylation is 1. The number of nitrogens with zero attached hydrogens (tertiary/aromatic N) is 4. The summed E-state index contributed by atoms with van der Waals surface area (Å²) >= 11 is 0. The summed E-state index contributed by atoms with van der Waals surface area (Å²) in [6.45, 7) is 5.17. The molecule has 0 radical (unpaired) electrons. The van der Waals surface area contributed by atoms with Crippen molar-refractivity contribution < 1.29 is 36.3 Å². The maximum Gasteiger partial charge on any atom is 0.341 e. The Bertz CT molecular complexity index is 2120. The van der Waals surface area contributed by atoms with Crippen LogP contribution in [0.25, 0.3) is 11.0 Å². The molecule has 3 saturated heterocycles. The van der Waals surface area contributed by atoms with Gasteiger partial charge in [-0.15, -0.1) is 0 Å². The number of amides is 2. The molecule has 2 aromatic carbocycles. The van der Waals surface area contributed by atoms with Crippen molar-refractivity contribution in [2.45, 2.75) is 89.1 Å². The molecule has 3 aromatic rings. The van der Waals surface area contributed by atoms with Crippen molar-refractivity contribution in [3.8, 4) is 5.75 Å². The molecule has 5 heterocycles. The van der Waals surface area contributed by atoms with Crippen molar-refractivity contribution in [3.63, 3.8) is 0 Å². The molecular weight excluding hydrogens is 706 g/mol. The molecule has 5 aliphatic rings. The highest BCUT2D eigenvalue weighted by molar-refractivity contribution is 7.87. The van der Waals surface area contributed by atoms with Gasteiger partial charge in [0.15, 0.2) is 11.6 Å². The summed E-state index contributed by atoms with van der Waals surface area (Å²) in [5, 5.41) is 0.810. The Morgan fingerprint density at radius 1 is 0.981 bits per heavy atom. The van der Waals surface area contributed by atoms with E-state index in [-0.39, 0.29) is 48.4 Å². The number of hydrogen-bond donors (Lipinski definition) is 1. The van der Waals surface area contributed by atoms with Crippen molar-refractivity contribution in [1.29, 1.82) is 0 Å². The summed E-state index contributed by atoms with van der Waals surface area (Å²) in [4.78, 5) is 46.9. The number of ether oxygens (including phenoxy) is 2. The lowest BCUT2D eigenvalue weighted by atomic mass is 9.94. The molecule has 0 spiro atoms. The summed E-state index contributed by atoms with van der Waals surface area (Å²) in [7, 11) is -0.381. The lowest BCUT2D eigenvalue weighted by molar-refractivity contribution is 0.0721. The fraction of sp³-hybridized carbons (Fsp3) is 0.553.